The first-order valence-corrected chi connectivity index (χ1v) is 9.95. The van der Waals surface area contributed by atoms with E-state index in [4.69, 9.17) is 0 Å². The molecule has 0 aliphatic heterocycles. The Morgan fingerprint density at radius 2 is 1.73 bits per heavy atom. The average Bonchev–Trinajstić information content (AvgIpc) is 3.10. The standard InChI is InChI=1S/C21H23N3OS/c1-3-8-16-11-13-17(14-12-16)19(25)15-26-21-23-22-20(24(21)4-2)18-9-6-5-7-10-18/h5-7,9-14H,3-4,8,15H2,1-2H3. The van der Waals surface area contributed by atoms with Crippen LogP contribution in [0.3, 0.4) is 0 Å². The smallest absolute Gasteiger partial charge is 0.191 e. The lowest BCUT2D eigenvalue weighted by atomic mass is 10.1. The van der Waals surface area contributed by atoms with E-state index < -0.39 is 0 Å². The summed E-state index contributed by atoms with van der Waals surface area (Å²) in [4.78, 5) is 12.5. The summed E-state index contributed by atoms with van der Waals surface area (Å²) >= 11 is 1.44. The number of benzene rings is 2. The topological polar surface area (TPSA) is 47.8 Å². The minimum Gasteiger partial charge on any atom is -0.302 e. The summed E-state index contributed by atoms with van der Waals surface area (Å²) in [6.45, 7) is 4.98. The van der Waals surface area contributed by atoms with Gasteiger partial charge in [-0.05, 0) is 18.9 Å². The fourth-order valence-electron chi connectivity index (χ4n) is 2.84. The third kappa shape index (κ3) is 4.22. The Morgan fingerprint density at radius 1 is 1.00 bits per heavy atom. The zero-order chi connectivity index (χ0) is 18.4. The van der Waals surface area contributed by atoms with Crippen LogP contribution in [0, 0.1) is 0 Å². The number of hydrogen-bond acceptors (Lipinski definition) is 4. The van der Waals surface area contributed by atoms with Gasteiger partial charge in [0.05, 0.1) is 5.75 Å². The molecule has 2 aromatic carbocycles. The molecule has 0 unspecified atom stereocenters. The Labute approximate surface area is 158 Å². The van der Waals surface area contributed by atoms with Crippen LogP contribution < -0.4 is 0 Å². The second-order valence-corrected chi connectivity index (χ2v) is 7.02. The molecule has 0 saturated carbocycles. The van der Waals surface area contributed by atoms with Crippen LogP contribution in [-0.2, 0) is 13.0 Å². The lowest BCUT2D eigenvalue weighted by molar-refractivity contribution is 0.102. The van der Waals surface area contributed by atoms with Crippen LogP contribution in [0.4, 0.5) is 0 Å². The Bertz CT molecular complexity index is 857. The van der Waals surface area contributed by atoms with Crippen molar-refractivity contribution in [3.8, 4) is 11.4 Å². The first-order valence-electron chi connectivity index (χ1n) is 8.96. The van der Waals surface area contributed by atoms with Crippen molar-refractivity contribution in [2.75, 3.05) is 5.75 Å². The van der Waals surface area contributed by atoms with Gasteiger partial charge in [-0.2, -0.15) is 0 Å². The maximum atomic E-state index is 12.5. The highest BCUT2D eigenvalue weighted by Gasteiger charge is 2.15. The van der Waals surface area contributed by atoms with E-state index in [-0.39, 0.29) is 5.78 Å². The SMILES string of the molecule is CCCc1ccc(C(=O)CSc2nnc(-c3ccccc3)n2CC)cc1. The molecule has 4 nitrogen and oxygen atoms in total. The molecular formula is C21H23N3OS. The van der Waals surface area contributed by atoms with Crippen molar-refractivity contribution in [2.24, 2.45) is 0 Å². The Morgan fingerprint density at radius 3 is 2.38 bits per heavy atom. The molecule has 0 N–H and O–H groups in total. The predicted octanol–water partition coefficient (Wildman–Crippen LogP) is 4.89. The highest BCUT2D eigenvalue weighted by Crippen LogP contribution is 2.24. The number of ketones is 1. The molecule has 0 aliphatic rings. The van der Waals surface area contributed by atoms with Gasteiger partial charge in [0, 0.05) is 17.7 Å². The van der Waals surface area contributed by atoms with Gasteiger partial charge in [-0.25, -0.2) is 0 Å². The van der Waals surface area contributed by atoms with Gasteiger partial charge in [-0.15, -0.1) is 10.2 Å². The van der Waals surface area contributed by atoms with Crippen molar-refractivity contribution >= 4 is 17.5 Å². The maximum absolute atomic E-state index is 12.5. The summed E-state index contributed by atoms with van der Waals surface area (Å²) in [5, 5.41) is 9.39. The molecule has 3 rings (SSSR count). The van der Waals surface area contributed by atoms with Crippen molar-refractivity contribution in [2.45, 2.75) is 38.4 Å². The van der Waals surface area contributed by atoms with Gasteiger partial charge < -0.3 is 4.57 Å². The van der Waals surface area contributed by atoms with Gasteiger partial charge in [0.1, 0.15) is 0 Å². The molecule has 0 aliphatic carbocycles. The van der Waals surface area contributed by atoms with Crippen LogP contribution >= 0.6 is 11.8 Å². The summed E-state index contributed by atoms with van der Waals surface area (Å²) in [6.07, 6.45) is 2.16. The molecule has 0 atom stereocenters. The predicted molar refractivity (Wildman–Crippen MR) is 107 cm³/mol. The van der Waals surface area contributed by atoms with Crippen LogP contribution in [0.1, 0.15) is 36.2 Å². The van der Waals surface area contributed by atoms with Crippen molar-refractivity contribution in [3.63, 3.8) is 0 Å². The largest absolute Gasteiger partial charge is 0.302 e. The fourth-order valence-corrected chi connectivity index (χ4v) is 3.74. The molecule has 1 heterocycles. The summed E-state index contributed by atoms with van der Waals surface area (Å²) in [7, 11) is 0. The number of carbonyl (C=O) groups excluding carboxylic acids is 1. The van der Waals surface area contributed by atoms with Gasteiger partial charge in [0.25, 0.3) is 0 Å². The lowest BCUT2D eigenvalue weighted by Crippen LogP contribution is -2.05. The average molecular weight is 366 g/mol. The summed E-state index contributed by atoms with van der Waals surface area (Å²) < 4.78 is 2.05. The van der Waals surface area contributed by atoms with Crippen molar-refractivity contribution in [1.82, 2.24) is 14.8 Å². The molecule has 0 radical (unpaired) electrons. The van der Waals surface area contributed by atoms with E-state index in [9.17, 15) is 4.79 Å². The molecule has 0 saturated heterocycles. The normalized spacial score (nSPS) is 10.8. The van der Waals surface area contributed by atoms with E-state index in [0.29, 0.717) is 5.75 Å². The molecule has 0 spiro atoms. The maximum Gasteiger partial charge on any atom is 0.191 e. The first-order chi connectivity index (χ1) is 12.7. The van der Waals surface area contributed by atoms with Crippen LogP contribution in [0.25, 0.3) is 11.4 Å². The monoisotopic (exact) mass is 365 g/mol. The number of Topliss-reactive ketones (excluding diaryl/α,β-unsaturated/α-hetero) is 1. The number of carbonyl (C=O) groups is 1. The van der Waals surface area contributed by atoms with Crippen molar-refractivity contribution < 1.29 is 4.79 Å². The van der Waals surface area contributed by atoms with Gasteiger partial charge in [0.15, 0.2) is 16.8 Å². The number of rotatable bonds is 8. The van der Waals surface area contributed by atoms with Crippen LogP contribution in [0.15, 0.2) is 59.8 Å². The molecular weight excluding hydrogens is 342 g/mol. The number of hydrogen-bond donors (Lipinski definition) is 0. The molecule has 0 bridgehead atoms. The molecule has 5 heteroatoms. The number of thioether (sulfide) groups is 1. The van der Waals surface area contributed by atoms with E-state index >= 15 is 0 Å². The molecule has 1 aromatic heterocycles. The molecule has 0 fully saturated rings. The molecule has 26 heavy (non-hydrogen) atoms. The highest BCUT2D eigenvalue weighted by molar-refractivity contribution is 7.99. The van der Waals surface area contributed by atoms with E-state index in [0.717, 1.165) is 41.5 Å². The van der Waals surface area contributed by atoms with E-state index in [2.05, 4.69) is 28.6 Å². The van der Waals surface area contributed by atoms with Gasteiger partial charge in [-0.1, -0.05) is 79.7 Å². The van der Waals surface area contributed by atoms with Crippen LogP contribution in [0.5, 0.6) is 0 Å². The molecule has 134 valence electrons. The number of nitrogens with zero attached hydrogens (tertiary/aromatic N) is 3. The minimum absolute atomic E-state index is 0.116. The van der Waals surface area contributed by atoms with Crippen molar-refractivity contribution in [3.05, 3.63) is 65.7 Å². The second kappa shape index (κ2) is 8.81. The number of aromatic nitrogens is 3. The summed E-state index contributed by atoms with van der Waals surface area (Å²) in [6, 6.07) is 17.9. The first kappa shape index (κ1) is 18.4. The third-order valence-corrected chi connectivity index (χ3v) is 5.18. The van der Waals surface area contributed by atoms with E-state index in [1.54, 1.807) is 0 Å². The van der Waals surface area contributed by atoms with Gasteiger partial charge in [0.2, 0.25) is 0 Å². The Balaban J connectivity index is 1.69. The van der Waals surface area contributed by atoms with Crippen molar-refractivity contribution in [1.29, 1.82) is 0 Å². The van der Waals surface area contributed by atoms with E-state index in [1.807, 2.05) is 54.6 Å². The van der Waals surface area contributed by atoms with Gasteiger partial charge >= 0.3 is 0 Å². The fraction of sp³-hybridized carbons (Fsp3) is 0.286. The zero-order valence-corrected chi connectivity index (χ0v) is 16.0. The van der Waals surface area contributed by atoms with Crippen LogP contribution in [-0.4, -0.2) is 26.3 Å². The minimum atomic E-state index is 0.116. The second-order valence-electron chi connectivity index (χ2n) is 6.08. The molecule has 0 amide bonds. The lowest BCUT2D eigenvalue weighted by Gasteiger charge is -2.07. The van der Waals surface area contributed by atoms with E-state index in [1.165, 1.54) is 17.3 Å². The number of aryl methyl sites for hydroxylation is 1. The Kier molecular flexibility index (Phi) is 6.23. The zero-order valence-electron chi connectivity index (χ0n) is 15.2. The van der Waals surface area contributed by atoms with Crippen LogP contribution in [0.2, 0.25) is 0 Å². The highest BCUT2D eigenvalue weighted by atomic mass is 32.2. The molecule has 3 aromatic rings. The third-order valence-electron chi connectivity index (χ3n) is 4.21. The quantitative estimate of drug-likeness (QED) is 0.421. The summed E-state index contributed by atoms with van der Waals surface area (Å²) in [5.41, 5.74) is 3.06. The summed E-state index contributed by atoms with van der Waals surface area (Å²) in [5.74, 6) is 1.32. The van der Waals surface area contributed by atoms with Gasteiger partial charge in [-0.3, -0.25) is 4.79 Å². The Hall–Kier alpha value is -2.40.